The highest BCUT2D eigenvalue weighted by Crippen LogP contribution is 2.23. The van der Waals surface area contributed by atoms with Crippen molar-refractivity contribution in [1.82, 2.24) is 9.78 Å². The molecule has 0 aliphatic rings. The number of nitrogens with zero attached hydrogens (tertiary/aromatic N) is 2. The minimum atomic E-state index is -0.471. The summed E-state index contributed by atoms with van der Waals surface area (Å²) in [5, 5.41) is 4.08. The van der Waals surface area contributed by atoms with Crippen molar-refractivity contribution in [1.29, 1.82) is 0 Å². The van der Waals surface area contributed by atoms with Gasteiger partial charge in [0.1, 0.15) is 5.69 Å². The SMILES string of the molecule is Cc1ccccc1Cn1nc(C(C)(C)C)cc1C(=O)Cl. The van der Waals surface area contributed by atoms with Gasteiger partial charge in [-0.1, -0.05) is 45.0 Å². The third-order valence-corrected chi connectivity index (χ3v) is 3.52. The lowest BCUT2D eigenvalue weighted by Crippen LogP contribution is -2.14. The van der Waals surface area contributed by atoms with Crippen molar-refractivity contribution in [3.8, 4) is 0 Å². The van der Waals surface area contributed by atoms with E-state index in [1.54, 1.807) is 10.7 Å². The second kappa shape index (κ2) is 5.41. The molecule has 0 N–H and O–H groups in total. The molecule has 0 spiro atoms. The summed E-state index contributed by atoms with van der Waals surface area (Å²) >= 11 is 5.68. The maximum absolute atomic E-state index is 11.6. The van der Waals surface area contributed by atoms with Gasteiger partial charge < -0.3 is 0 Å². The van der Waals surface area contributed by atoms with Gasteiger partial charge in [0.25, 0.3) is 5.24 Å². The Hall–Kier alpha value is -1.61. The molecule has 2 rings (SSSR count). The third kappa shape index (κ3) is 3.10. The summed E-state index contributed by atoms with van der Waals surface area (Å²) in [5.41, 5.74) is 3.51. The molecule has 0 saturated carbocycles. The standard InChI is InChI=1S/C16H19ClN2O/c1-11-7-5-6-8-12(11)10-19-13(15(17)20)9-14(18-19)16(2,3)4/h5-9H,10H2,1-4H3. The lowest BCUT2D eigenvalue weighted by Gasteiger charge is -2.14. The van der Waals surface area contributed by atoms with Crippen LogP contribution in [0.15, 0.2) is 30.3 Å². The van der Waals surface area contributed by atoms with Gasteiger partial charge in [0, 0.05) is 5.41 Å². The van der Waals surface area contributed by atoms with Gasteiger partial charge in [-0.15, -0.1) is 0 Å². The zero-order valence-corrected chi connectivity index (χ0v) is 13.0. The van der Waals surface area contributed by atoms with Crippen LogP contribution < -0.4 is 0 Å². The van der Waals surface area contributed by atoms with Gasteiger partial charge in [-0.05, 0) is 35.7 Å². The molecule has 0 aliphatic carbocycles. The van der Waals surface area contributed by atoms with E-state index in [4.69, 9.17) is 11.6 Å². The quantitative estimate of drug-likeness (QED) is 0.803. The molecule has 0 aliphatic heterocycles. The number of carbonyl (C=O) groups is 1. The predicted octanol–water partition coefficient (Wildman–Crippen LogP) is 3.92. The van der Waals surface area contributed by atoms with Gasteiger partial charge in [0.15, 0.2) is 0 Å². The molecule has 1 aromatic carbocycles. The summed E-state index contributed by atoms with van der Waals surface area (Å²) in [5.74, 6) is 0. The van der Waals surface area contributed by atoms with E-state index in [-0.39, 0.29) is 5.41 Å². The van der Waals surface area contributed by atoms with Crippen LogP contribution in [0.25, 0.3) is 0 Å². The number of halogens is 1. The fourth-order valence-electron chi connectivity index (χ4n) is 2.01. The Bertz CT molecular complexity index is 638. The molecule has 0 fully saturated rings. The average molecular weight is 291 g/mol. The first-order valence-corrected chi connectivity index (χ1v) is 6.99. The number of hydrogen-bond acceptors (Lipinski definition) is 2. The molecule has 2 aromatic rings. The largest absolute Gasteiger partial charge is 0.274 e. The van der Waals surface area contributed by atoms with Crippen LogP contribution in [0, 0.1) is 6.92 Å². The molecule has 0 unspecified atom stereocenters. The molecule has 1 aromatic heterocycles. The van der Waals surface area contributed by atoms with Crippen LogP contribution in [0.1, 0.15) is 48.1 Å². The lowest BCUT2D eigenvalue weighted by molar-refractivity contribution is 0.107. The average Bonchev–Trinajstić information content (AvgIpc) is 2.76. The summed E-state index contributed by atoms with van der Waals surface area (Å²) < 4.78 is 1.69. The van der Waals surface area contributed by atoms with Gasteiger partial charge in [0.2, 0.25) is 0 Å². The molecule has 3 nitrogen and oxygen atoms in total. The third-order valence-electron chi connectivity index (χ3n) is 3.33. The van der Waals surface area contributed by atoms with Crippen LogP contribution in [0.5, 0.6) is 0 Å². The van der Waals surface area contributed by atoms with Crippen molar-refractivity contribution >= 4 is 16.8 Å². The Labute approximate surface area is 124 Å². The van der Waals surface area contributed by atoms with Crippen LogP contribution in [-0.2, 0) is 12.0 Å². The number of carbonyl (C=O) groups excluding carboxylic acids is 1. The monoisotopic (exact) mass is 290 g/mol. The minimum Gasteiger partial charge on any atom is -0.274 e. The maximum atomic E-state index is 11.6. The van der Waals surface area contributed by atoms with E-state index >= 15 is 0 Å². The molecule has 4 heteroatoms. The van der Waals surface area contributed by atoms with Gasteiger partial charge in [-0.2, -0.15) is 5.10 Å². The zero-order chi connectivity index (χ0) is 14.9. The molecular formula is C16H19ClN2O. The number of rotatable bonds is 3. The first-order valence-electron chi connectivity index (χ1n) is 6.61. The molecular weight excluding hydrogens is 272 g/mol. The minimum absolute atomic E-state index is 0.113. The molecule has 0 saturated heterocycles. The summed E-state index contributed by atoms with van der Waals surface area (Å²) in [4.78, 5) is 11.6. The summed E-state index contributed by atoms with van der Waals surface area (Å²) in [7, 11) is 0. The molecule has 0 atom stereocenters. The Kier molecular flexibility index (Phi) is 4.00. The highest BCUT2D eigenvalue weighted by Gasteiger charge is 2.22. The predicted molar refractivity (Wildman–Crippen MR) is 81.4 cm³/mol. The van der Waals surface area contributed by atoms with E-state index < -0.39 is 5.24 Å². The Morgan fingerprint density at radius 2 is 1.95 bits per heavy atom. The highest BCUT2D eigenvalue weighted by atomic mass is 35.5. The normalized spacial score (nSPS) is 11.7. The fourth-order valence-corrected chi connectivity index (χ4v) is 2.16. The molecule has 1 heterocycles. The second-order valence-electron chi connectivity index (χ2n) is 6.02. The fraction of sp³-hybridized carbons (Fsp3) is 0.375. The maximum Gasteiger partial charge on any atom is 0.270 e. The van der Waals surface area contributed by atoms with Crippen LogP contribution in [0.2, 0.25) is 0 Å². The first kappa shape index (κ1) is 14.8. The Balaban J connectivity index is 2.43. The number of aryl methyl sites for hydroxylation is 1. The van der Waals surface area contributed by atoms with E-state index in [0.717, 1.165) is 11.3 Å². The number of benzene rings is 1. The van der Waals surface area contributed by atoms with Crippen LogP contribution >= 0.6 is 11.6 Å². The van der Waals surface area contributed by atoms with Gasteiger partial charge in [0.05, 0.1) is 12.2 Å². The van der Waals surface area contributed by atoms with Gasteiger partial charge in [-0.3, -0.25) is 9.48 Å². The second-order valence-corrected chi connectivity index (χ2v) is 6.37. The van der Waals surface area contributed by atoms with Gasteiger partial charge >= 0.3 is 0 Å². The van der Waals surface area contributed by atoms with E-state index in [0.29, 0.717) is 12.2 Å². The van der Waals surface area contributed by atoms with E-state index in [1.807, 2.05) is 31.2 Å². The van der Waals surface area contributed by atoms with Gasteiger partial charge in [-0.25, -0.2) is 0 Å². The lowest BCUT2D eigenvalue weighted by atomic mass is 9.92. The van der Waals surface area contributed by atoms with Crippen molar-refractivity contribution in [3.63, 3.8) is 0 Å². The summed E-state index contributed by atoms with van der Waals surface area (Å²) in [6.07, 6.45) is 0. The zero-order valence-electron chi connectivity index (χ0n) is 12.3. The van der Waals surface area contributed by atoms with Crippen molar-refractivity contribution < 1.29 is 4.79 Å². The van der Waals surface area contributed by atoms with Crippen molar-refractivity contribution in [3.05, 3.63) is 52.8 Å². The molecule has 0 amide bonds. The summed E-state index contributed by atoms with van der Waals surface area (Å²) in [6, 6.07) is 9.85. The van der Waals surface area contributed by atoms with Crippen molar-refractivity contribution in [2.45, 2.75) is 39.7 Å². The smallest absolute Gasteiger partial charge is 0.270 e. The molecule has 0 bridgehead atoms. The topological polar surface area (TPSA) is 34.9 Å². The van der Waals surface area contributed by atoms with E-state index in [9.17, 15) is 4.79 Å². The Morgan fingerprint density at radius 3 is 2.50 bits per heavy atom. The van der Waals surface area contributed by atoms with Crippen LogP contribution in [0.4, 0.5) is 0 Å². The van der Waals surface area contributed by atoms with Crippen molar-refractivity contribution in [2.24, 2.45) is 0 Å². The Morgan fingerprint density at radius 1 is 1.30 bits per heavy atom. The molecule has 20 heavy (non-hydrogen) atoms. The van der Waals surface area contributed by atoms with E-state index in [2.05, 4.69) is 25.9 Å². The van der Waals surface area contributed by atoms with Crippen LogP contribution in [-0.4, -0.2) is 15.0 Å². The highest BCUT2D eigenvalue weighted by molar-refractivity contribution is 6.67. The molecule has 106 valence electrons. The van der Waals surface area contributed by atoms with Crippen LogP contribution in [0.3, 0.4) is 0 Å². The number of aromatic nitrogens is 2. The van der Waals surface area contributed by atoms with E-state index in [1.165, 1.54) is 5.56 Å². The summed E-state index contributed by atoms with van der Waals surface area (Å²) in [6.45, 7) is 8.80. The molecule has 0 radical (unpaired) electrons. The number of hydrogen-bond donors (Lipinski definition) is 0. The first-order chi connectivity index (χ1) is 9.29. The van der Waals surface area contributed by atoms with Crippen molar-refractivity contribution in [2.75, 3.05) is 0 Å².